The standard InChI is InChI=1S/C23H25N3O6S.C7H5ClO3/c1-15-8-6-7-9-20(15)32-21-19(13-24-23(25-21)33(5,28)29)22(27)26(2)14-16-10-17(30-3)12-18(11-16)31-4;8-6-3-1-2-5(4-6)7(9)11-10/h6-13H,14H2,1-5H3;1-4,10H. The summed E-state index contributed by atoms with van der Waals surface area (Å²) >= 11 is 5.56. The van der Waals surface area contributed by atoms with Crippen molar-refractivity contribution in [1.82, 2.24) is 14.9 Å². The van der Waals surface area contributed by atoms with Crippen LogP contribution in [0, 0.1) is 6.92 Å². The quantitative estimate of drug-likeness (QED) is 0.145. The van der Waals surface area contributed by atoms with E-state index in [2.05, 4.69) is 14.9 Å². The number of benzene rings is 3. The molecule has 0 bridgehead atoms. The third-order valence-corrected chi connectivity index (χ3v) is 7.01. The zero-order chi connectivity index (χ0) is 32.4. The van der Waals surface area contributed by atoms with Crippen molar-refractivity contribution < 1.29 is 42.4 Å². The maximum atomic E-state index is 13.3. The van der Waals surface area contributed by atoms with Crippen LogP contribution in [-0.2, 0) is 21.3 Å². The van der Waals surface area contributed by atoms with Crippen LogP contribution in [0.3, 0.4) is 0 Å². The molecule has 1 aromatic heterocycles. The molecule has 0 fully saturated rings. The van der Waals surface area contributed by atoms with E-state index in [0.717, 1.165) is 17.4 Å². The van der Waals surface area contributed by atoms with E-state index in [1.165, 1.54) is 23.2 Å². The molecule has 4 aromatic rings. The maximum Gasteiger partial charge on any atom is 0.372 e. The third kappa shape index (κ3) is 9.14. The highest BCUT2D eigenvalue weighted by Gasteiger charge is 2.24. The SMILES string of the molecule is COc1cc(CN(C)C(=O)c2cnc(S(C)(=O)=O)nc2Oc2ccccc2C)cc(OC)c1.O=C(OO)c1cccc(Cl)c1. The van der Waals surface area contributed by atoms with Gasteiger partial charge >= 0.3 is 5.97 Å². The van der Waals surface area contributed by atoms with Crippen molar-refractivity contribution in [3.63, 3.8) is 0 Å². The summed E-state index contributed by atoms with van der Waals surface area (Å²) in [5, 5.41) is 7.98. The minimum atomic E-state index is -3.71. The summed E-state index contributed by atoms with van der Waals surface area (Å²) in [6, 6.07) is 18.6. The van der Waals surface area contributed by atoms with E-state index >= 15 is 0 Å². The van der Waals surface area contributed by atoms with Gasteiger partial charge in [0, 0.05) is 37.1 Å². The van der Waals surface area contributed by atoms with Crippen LogP contribution >= 0.6 is 11.6 Å². The summed E-state index contributed by atoms with van der Waals surface area (Å²) in [4.78, 5) is 36.7. The number of aromatic nitrogens is 2. The van der Waals surface area contributed by atoms with E-state index in [9.17, 15) is 18.0 Å². The lowest BCUT2D eigenvalue weighted by atomic mass is 10.1. The van der Waals surface area contributed by atoms with Gasteiger partial charge in [-0.3, -0.25) is 9.68 Å². The van der Waals surface area contributed by atoms with Crippen LogP contribution in [0.4, 0.5) is 0 Å². The van der Waals surface area contributed by atoms with Gasteiger partial charge in [-0.15, -0.1) is 0 Å². The molecule has 0 saturated heterocycles. The number of amides is 1. The van der Waals surface area contributed by atoms with Crippen LogP contribution in [-0.4, -0.2) is 67.9 Å². The molecule has 0 aliphatic heterocycles. The smallest absolute Gasteiger partial charge is 0.372 e. The molecule has 1 heterocycles. The lowest BCUT2D eigenvalue weighted by Gasteiger charge is -2.20. The number of carbonyl (C=O) groups excluding carboxylic acids is 2. The van der Waals surface area contributed by atoms with E-state index in [4.69, 9.17) is 31.1 Å². The van der Waals surface area contributed by atoms with Gasteiger partial charge in [0.2, 0.25) is 20.9 Å². The molecule has 12 nitrogen and oxygen atoms in total. The van der Waals surface area contributed by atoms with E-state index in [-0.39, 0.29) is 23.6 Å². The molecule has 0 spiro atoms. The molecule has 44 heavy (non-hydrogen) atoms. The number of hydrogen-bond donors (Lipinski definition) is 1. The number of methoxy groups -OCH3 is 2. The fourth-order valence-electron chi connectivity index (χ4n) is 3.71. The van der Waals surface area contributed by atoms with Crippen molar-refractivity contribution in [3.8, 4) is 23.1 Å². The van der Waals surface area contributed by atoms with Gasteiger partial charge in [-0.25, -0.2) is 18.2 Å². The number of ether oxygens (including phenoxy) is 3. The average Bonchev–Trinajstić information content (AvgIpc) is 3.01. The molecule has 1 N–H and O–H groups in total. The van der Waals surface area contributed by atoms with Crippen molar-refractivity contribution in [3.05, 3.63) is 100 Å². The Bertz CT molecular complexity index is 1730. The molecule has 0 radical (unpaired) electrons. The Morgan fingerprint density at radius 3 is 2.20 bits per heavy atom. The van der Waals surface area contributed by atoms with E-state index in [1.54, 1.807) is 63.7 Å². The van der Waals surface area contributed by atoms with Crippen molar-refractivity contribution >= 4 is 33.3 Å². The van der Waals surface area contributed by atoms with Crippen molar-refractivity contribution in [2.45, 2.75) is 18.6 Å². The van der Waals surface area contributed by atoms with Crippen LogP contribution in [0.25, 0.3) is 0 Å². The first kappa shape index (κ1) is 33.8. The summed E-state index contributed by atoms with van der Waals surface area (Å²) in [5.41, 5.74) is 1.83. The summed E-state index contributed by atoms with van der Waals surface area (Å²) in [7, 11) is 0.988. The number of nitrogens with zero attached hydrogens (tertiary/aromatic N) is 3. The molecule has 232 valence electrons. The molecule has 0 aliphatic carbocycles. The fraction of sp³-hybridized carbons (Fsp3) is 0.200. The van der Waals surface area contributed by atoms with Gasteiger partial charge in [0.15, 0.2) is 0 Å². The Hall–Kier alpha value is -4.72. The van der Waals surface area contributed by atoms with Crippen LogP contribution < -0.4 is 14.2 Å². The highest BCUT2D eigenvalue weighted by molar-refractivity contribution is 7.90. The van der Waals surface area contributed by atoms with Crippen LogP contribution in [0.2, 0.25) is 5.02 Å². The molecular weight excluding hydrogens is 614 g/mol. The second-order valence-corrected chi connectivity index (χ2v) is 11.6. The van der Waals surface area contributed by atoms with Crippen molar-refractivity contribution in [2.24, 2.45) is 0 Å². The minimum Gasteiger partial charge on any atom is -0.497 e. The average molecular weight is 644 g/mol. The molecular formula is C30H30ClN3O9S. The molecule has 0 unspecified atom stereocenters. The number of halogens is 1. The Labute approximate surface area is 259 Å². The normalized spacial score (nSPS) is 10.6. The lowest BCUT2D eigenvalue weighted by molar-refractivity contribution is -0.182. The number of sulfone groups is 1. The van der Waals surface area contributed by atoms with Crippen LogP contribution in [0.1, 0.15) is 31.8 Å². The number of aryl methyl sites for hydroxylation is 1. The predicted molar refractivity (Wildman–Crippen MR) is 161 cm³/mol. The van der Waals surface area contributed by atoms with E-state index in [0.29, 0.717) is 22.3 Å². The fourth-order valence-corrected chi connectivity index (χ4v) is 4.39. The van der Waals surface area contributed by atoms with Gasteiger partial charge in [0.05, 0.1) is 19.8 Å². The number of carbonyl (C=O) groups is 2. The topological polar surface area (TPSA) is 154 Å². The maximum absolute atomic E-state index is 13.3. The molecule has 0 saturated carbocycles. The lowest BCUT2D eigenvalue weighted by Crippen LogP contribution is -2.27. The second kappa shape index (κ2) is 15.1. The number of para-hydroxylation sites is 1. The minimum absolute atomic E-state index is 0.0306. The molecule has 14 heteroatoms. The van der Waals surface area contributed by atoms with Gasteiger partial charge in [-0.2, -0.15) is 10.2 Å². The third-order valence-electron chi connectivity index (χ3n) is 5.91. The molecule has 4 rings (SSSR count). The summed E-state index contributed by atoms with van der Waals surface area (Å²) in [5.74, 6) is 0.238. The molecule has 1 amide bonds. The Kier molecular flexibility index (Phi) is 11.6. The largest absolute Gasteiger partial charge is 0.497 e. The molecule has 0 atom stereocenters. The first-order valence-electron chi connectivity index (χ1n) is 12.8. The van der Waals surface area contributed by atoms with Crippen LogP contribution in [0.5, 0.6) is 23.1 Å². The first-order valence-corrected chi connectivity index (χ1v) is 15.0. The monoisotopic (exact) mass is 643 g/mol. The van der Waals surface area contributed by atoms with Crippen LogP contribution in [0.15, 0.2) is 78.1 Å². The summed E-state index contributed by atoms with van der Waals surface area (Å²) < 4.78 is 40.4. The first-order chi connectivity index (χ1) is 20.9. The van der Waals surface area contributed by atoms with Gasteiger partial charge in [-0.05, 0) is 54.4 Å². The second-order valence-electron chi connectivity index (χ2n) is 9.28. The zero-order valence-corrected chi connectivity index (χ0v) is 26.0. The Morgan fingerprint density at radius 2 is 1.64 bits per heavy atom. The van der Waals surface area contributed by atoms with Gasteiger partial charge in [-0.1, -0.05) is 35.9 Å². The van der Waals surface area contributed by atoms with E-state index < -0.39 is 26.9 Å². The van der Waals surface area contributed by atoms with Gasteiger partial charge < -0.3 is 19.1 Å². The van der Waals surface area contributed by atoms with Gasteiger partial charge in [0.25, 0.3) is 5.91 Å². The predicted octanol–water partition coefficient (Wildman–Crippen LogP) is 5.24. The zero-order valence-electron chi connectivity index (χ0n) is 24.5. The van der Waals surface area contributed by atoms with Crippen molar-refractivity contribution in [1.29, 1.82) is 0 Å². The number of hydrogen-bond acceptors (Lipinski definition) is 11. The Balaban J connectivity index is 0.000000404. The highest BCUT2D eigenvalue weighted by Crippen LogP contribution is 2.28. The van der Waals surface area contributed by atoms with E-state index in [1.807, 2.05) is 19.1 Å². The molecule has 3 aromatic carbocycles. The van der Waals surface area contributed by atoms with Gasteiger partial charge in [0.1, 0.15) is 22.8 Å². The Morgan fingerprint density at radius 1 is 0.977 bits per heavy atom. The number of rotatable bonds is 9. The molecule has 0 aliphatic rings. The highest BCUT2D eigenvalue weighted by atomic mass is 35.5. The van der Waals surface area contributed by atoms with Crippen molar-refractivity contribution in [2.75, 3.05) is 27.5 Å². The summed E-state index contributed by atoms with van der Waals surface area (Å²) in [6.45, 7) is 2.06. The summed E-state index contributed by atoms with van der Waals surface area (Å²) in [6.07, 6.45) is 2.16.